The number of aliphatic hydroxyl groups excluding tert-OH is 1. The van der Waals surface area contributed by atoms with Crippen LogP contribution in [0.4, 0.5) is 4.39 Å². The first-order valence-electron chi connectivity index (χ1n) is 3.59. The van der Waals surface area contributed by atoms with Crippen LogP contribution in [0.2, 0.25) is 0 Å². The molecule has 0 radical (unpaired) electrons. The van der Waals surface area contributed by atoms with Crippen molar-refractivity contribution in [2.24, 2.45) is 0 Å². The maximum Gasteiger partial charge on any atom is 0.178 e. The molecule has 1 aromatic rings. The Bertz CT molecular complexity index is 386. The minimum Gasteiger partial charge on any atom is -0.380 e. The van der Waals surface area contributed by atoms with Crippen molar-refractivity contribution in [2.75, 3.05) is 5.94 Å². The molecule has 0 heterocycles. The molecule has 0 aromatic heterocycles. The molecule has 0 bridgehead atoms. The summed E-state index contributed by atoms with van der Waals surface area (Å²) < 4.78 is 34.4. The van der Waals surface area contributed by atoms with Crippen molar-refractivity contribution in [3.05, 3.63) is 35.6 Å². The molecule has 1 rings (SSSR count). The number of halogens is 1. The molecule has 13 heavy (non-hydrogen) atoms. The van der Waals surface area contributed by atoms with E-state index in [4.69, 9.17) is 5.11 Å². The lowest BCUT2D eigenvalue weighted by molar-refractivity contribution is 0.358. The van der Waals surface area contributed by atoms with Crippen molar-refractivity contribution >= 4 is 9.84 Å². The topological polar surface area (TPSA) is 54.4 Å². The predicted molar refractivity (Wildman–Crippen MR) is 46.1 cm³/mol. The molecule has 0 amide bonds. The first-order chi connectivity index (χ1) is 6.03. The average Bonchev–Trinajstić information content (AvgIpc) is 2.03. The highest BCUT2D eigenvalue weighted by Crippen LogP contribution is 2.07. The first-order valence-corrected chi connectivity index (χ1v) is 5.41. The zero-order valence-corrected chi connectivity index (χ0v) is 7.59. The van der Waals surface area contributed by atoms with Gasteiger partial charge in [0, 0.05) is 0 Å². The number of rotatable bonds is 3. The van der Waals surface area contributed by atoms with Crippen molar-refractivity contribution < 1.29 is 17.9 Å². The largest absolute Gasteiger partial charge is 0.380 e. The highest BCUT2D eigenvalue weighted by Gasteiger charge is 2.09. The molecule has 0 unspecified atom stereocenters. The van der Waals surface area contributed by atoms with Crippen LogP contribution in [0.5, 0.6) is 0 Å². The molecule has 0 aliphatic rings. The van der Waals surface area contributed by atoms with Crippen molar-refractivity contribution in [2.45, 2.75) is 5.75 Å². The molecular weight excluding hydrogens is 195 g/mol. The van der Waals surface area contributed by atoms with E-state index in [1.54, 1.807) is 0 Å². The number of aliphatic hydroxyl groups is 1. The summed E-state index contributed by atoms with van der Waals surface area (Å²) >= 11 is 0. The number of hydrogen-bond acceptors (Lipinski definition) is 3. The standard InChI is InChI=1S/C8H9FO3S/c9-8-3-1-2-7(4-8)5-13(11,12)6-10/h1-4,10H,5-6H2. The number of benzene rings is 1. The van der Waals surface area contributed by atoms with Gasteiger partial charge in [0.1, 0.15) is 11.8 Å². The maximum absolute atomic E-state index is 12.6. The average molecular weight is 204 g/mol. The van der Waals surface area contributed by atoms with Gasteiger partial charge < -0.3 is 5.11 Å². The van der Waals surface area contributed by atoms with Crippen molar-refractivity contribution in [1.29, 1.82) is 0 Å². The zero-order valence-electron chi connectivity index (χ0n) is 6.77. The lowest BCUT2D eigenvalue weighted by atomic mass is 10.2. The summed E-state index contributed by atoms with van der Waals surface area (Å²) in [6.45, 7) is 0. The monoisotopic (exact) mass is 204 g/mol. The van der Waals surface area contributed by atoms with Crippen LogP contribution in [0.1, 0.15) is 5.56 Å². The van der Waals surface area contributed by atoms with E-state index in [1.807, 2.05) is 0 Å². The summed E-state index contributed by atoms with van der Waals surface area (Å²) in [6, 6.07) is 5.29. The van der Waals surface area contributed by atoms with Gasteiger partial charge in [-0.1, -0.05) is 12.1 Å². The third-order valence-electron chi connectivity index (χ3n) is 1.47. The molecule has 1 aromatic carbocycles. The van der Waals surface area contributed by atoms with Crippen LogP contribution >= 0.6 is 0 Å². The Morgan fingerprint density at radius 3 is 2.62 bits per heavy atom. The van der Waals surface area contributed by atoms with Crippen LogP contribution in [0.15, 0.2) is 24.3 Å². The summed E-state index contributed by atoms with van der Waals surface area (Å²) in [7, 11) is -3.50. The summed E-state index contributed by atoms with van der Waals surface area (Å²) in [5.41, 5.74) is 0.342. The van der Waals surface area contributed by atoms with E-state index in [0.29, 0.717) is 5.56 Å². The van der Waals surface area contributed by atoms with Crippen LogP contribution < -0.4 is 0 Å². The van der Waals surface area contributed by atoms with Crippen molar-refractivity contribution in [3.8, 4) is 0 Å². The van der Waals surface area contributed by atoms with Crippen molar-refractivity contribution in [1.82, 2.24) is 0 Å². The van der Waals surface area contributed by atoms with Crippen LogP contribution in [-0.4, -0.2) is 19.5 Å². The van der Waals surface area contributed by atoms with Gasteiger partial charge in [0.05, 0.1) is 5.75 Å². The number of sulfone groups is 1. The second-order valence-electron chi connectivity index (χ2n) is 2.65. The summed E-state index contributed by atoms with van der Waals surface area (Å²) in [4.78, 5) is 0. The van der Waals surface area contributed by atoms with Gasteiger partial charge in [-0.2, -0.15) is 0 Å². The SMILES string of the molecule is O=S(=O)(CO)Cc1cccc(F)c1. The Hall–Kier alpha value is -0.940. The molecule has 5 heteroatoms. The zero-order chi connectivity index (χ0) is 9.90. The van der Waals surface area contributed by atoms with E-state index in [9.17, 15) is 12.8 Å². The minimum atomic E-state index is -3.50. The fourth-order valence-corrected chi connectivity index (χ4v) is 1.71. The second kappa shape index (κ2) is 3.85. The quantitative estimate of drug-likeness (QED) is 0.788. The molecule has 0 saturated heterocycles. The van der Waals surface area contributed by atoms with Gasteiger partial charge in [0.25, 0.3) is 0 Å². The predicted octanol–water partition coefficient (Wildman–Crippen LogP) is 0.690. The molecule has 0 fully saturated rings. The molecule has 0 aliphatic heterocycles. The fourth-order valence-electron chi connectivity index (χ4n) is 0.926. The highest BCUT2D eigenvalue weighted by molar-refractivity contribution is 7.90. The Morgan fingerprint density at radius 1 is 1.38 bits per heavy atom. The Balaban J connectivity index is 2.87. The molecule has 3 nitrogen and oxygen atoms in total. The highest BCUT2D eigenvalue weighted by atomic mass is 32.2. The molecule has 0 aliphatic carbocycles. The van der Waals surface area contributed by atoms with Gasteiger partial charge in [-0.15, -0.1) is 0 Å². The Labute approximate surface area is 75.7 Å². The molecular formula is C8H9FO3S. The third-order valence-corrected chi connectivity index (χ3v) is 2.64. The van der Waals surface area contributed by atoms with Crippen molar-refractivity contribution in [3.63, 3.8) is 0 Å². The van der Waals surface area contributed by atoms with E-state index in [1.165, 1.54) is 18.2 Å². The van der Waals surface area contributed by atoms with E-state index in [-0.39, 0.29) is 5.75 Å². The Morgan fingerprint density at radius 2 is 2.08 bits per heavy atom. The molecule has 72 valence electrons. The summed E-state index contributed by atoms with van der Waals surface area (Å²) in [6.07, 6.45) is 0. The lowest BCUT2D eigenvalue weighted by Crippen LogP contribution is -2.08. The number of hydrogen-bond donors (Lipinski definition) is 1. The van der Waals surface area contributed by atoms with Crippen LogP contribution in [-0.2, 0) is 15.6 Å². The summed E-state index contributed by atoms with van der Waals surface area (Å²) in [5, 5.41) is 8.44. The van der Waals surface area contributed by atoms with Crippen LogP contribution in [0, 0.1) is 5.82 Å². The lowest BCUT2D eigenvalue weighted by Gasteiger charge is -2.00. The normalized spacial score (nSPS) is 11.5. The smallest absolute Gasteiger partial charge is 0.178 e. The molecule has 0 spiro atoms. The van der Waals surface area contributed by atoms with Crippen LogP contribution in [0.3, 0.4) is 0 Å². The van der Waals surface area contributed by atoms with Crippen LogP contribution in [0.25, 0.3) is 0 Å². The third kappa shape index (κ3) is 3.12. The molecule has 0 atom stereocenters. The van der Waals surface area contributed by atoms with E-state index in [0.717, 1.165) is 6.07 Å². The summed E-state index contributed by atoms with van der Waals surface area (Å²) in [5.74, 6) is -1.73. The van der Waals surface area contributed by atoms with E-state index in [2.05, 4.69) is 0 Å². The van der Waals surface area contributed by atoms with Gasteiger partial charge in [0.2, 0.25) is 0 Å². The van der Waals surface area contributed by atoms with Gasteiger partial charge in [0.15, 0.2) is 9.84 Å². The van der Waals surface area contributed by atoms with E-state index < -0.39 is 21.6 Å². The Kier molecular flexibility index (Phi) is 3.00. The van der Waals surface area contributed by atoms with Gasteiger partial charge in [-0.05, 0) is 17.7 Å². The second-order valence-corrected chi connectivity index (χ2v) is 4.68. The molecule has 1 N–H and O–H groups in total. The fraction of sp³-hybridized carbons (Fsp3) is 0.250. The van der Waals surface area contributed by atoms with E-state index >= 15 is 0 Å². The van der Waals surface area contributed by atoms with Gasteiger partial charge >= 0.3 is 0 Å². The van der Waals surface area contributed by atoms with Gasteiger partial charge in [-0.25, -0.2) is 12.8 Å². The minimum absolute atomic E-state index is 0.332. The molecule has 0 saturated carbocycles. The van der Waals surface area contributed by atoms with Gasteiger partial charge in [-0.3, -0.25) is 0 Å². The first kappa shape index (κ1) is 10.1. The maximum atomic E-state index is 12.6.